The van der Waals surface area contributed by atoms with Gasteiger partial charge in [-0.3, -0.25) is 9.69 Å². The molecule has 2 aliphatic heterocycles. The van der Waals surface area contributed by atoms with Crippen LogP contribution in [0.25, 0.3) is 0 Å². The minimum Gasteiger partial charge on any atom is -0.454 e. The van der Waals surface area contributed by atoms with Crippen molar-refractivity contribution in [2.24, 2.45) is 0 Å². The fourth-order valence-corrected chi connectivity index (χ4v) is 2.72. The number of hydrogen-bond donors (Lipinski definition) is 0. The summed E-state index contributed by atoms with van der Waals surface area (Å²) in [5.74, 6) is 2.45. The van der Waals surface area contributed by atoms with Crippen molar-refractivity contribution >= 4 is 5.78 Å². The minimum absolute atomic E-state index is 0.0910. The van der Waals surface area contributed by atoms with Gasteiger partial charge in [-0.2, -0.15) is 0 Å². The molecular formula is C15H15N3O3. The average molecular weight is 285 g/mol. The Bertz CT molecular complexity index is 695. The quantitative estimate of drug-likeness (QED) is 0.796. The summed E-state index contributed by atoms with van der Waals surface area (Å²) < 4.78 is 12.7. The van der Waals surface area contributed by atoms with Gasteiger partial charge in [0, 0.05) is 31.0 Å². The Hall–Kier alpha value is -2.34. The second-order valence-corrected chi connectivity index (χ2v) is 5.24. The lowest BCUT2D eigenvalue weighted by atomic mass is 10.1. The van der Waals surface area contributed by atoms with Gasteiger partial charge in [0.1, 0.15) is 5.82 Å². The van der Waals surface area contributed by atoms with E-state index in [1.54, 1.807) is 24.4 Å². The van der Waals surface area contributed by atoms with Gasteiger partial charge < -0.3 is 14.0 Å². The van der Waals surface area contributed by atoms with Gasteiger partial charge in [0.2, 0.25) is 6.79 Å². The van der Waals surface area contributed by atoms with E-state index in [0.29, 0.717) is 30.2 Å². The number of fused-ring (bicyclic) bond motifs is 2. The van der Waals surface area contributed by atoms with Crippen molar-refractivity contribution < 1.29 is 14.3 Å². The van der Waals surface area contributed by atoms with E-state index in [-0.39, 0.29) is 12.6 Å². The summed E-state index contributed by atoms with van der Waals surface area (Å²) in [5, 5.41) is 0. The molecule has 0 spiro atoms. The molecule has 0 amide bonds. The Morgan fingerprint density at radius 3 is 3.10 bits per heavy atom. The number of Topliss-reactive ketones (excluding diaryl/α,β-unsaturated/α-hetero) is 1. The van der Waals surface area contributed by atoms with E-state index in [1.165, 1.54) is 0 Å². The summed E-state index contributed by atoms with van der Waals surface area (Å²) in [6.45, 7) is 3.07. The first-order valence-electron chi connectivity index (χ1n) is 6.95. The molecule has 6 nitrogen and oxygen atoms in total. The molecule has 108 valence electrons. The Balaban J connectivity index is 1.47. The Labute approximate surface area is 121 Å². The van der Waals surface area contributed by atoms with Crippen molar-refractivity contribution in [1.29, 1.82) is 0 Å². The van der Waals surface area contributed by atoms with Crippen LogP contribution in [0.15, 0.2) is 30.6 Å². The monoisotopic (exact) mass is 285 g/mol. The second-order valence-electron chi connectivity index (χ2n) is 5.24. The van der Waals surface area contributed by atoms with Gasteiger partial charge in [-0.25, -0.2) is 4.98 Å². The van der Waals surface area contributed by atoms with Crippen molar-refractivity contribution in [3.63, 3.8) is 0 Å². The van der Waals surface area contributed by atoms with E-state index in [1.807, 2.05) is 6.20 Å². The van der Waals surface area contributed by atoms with Crippen LogP contribution in [0, 0.1) is 0 Å². The third kappa shape index (κ3) is 2.27. The first-order valence-corrected chi connectivity index (χ1v) is 6.95. The lowest BCUT2D eigenvalue weighted by Crippen LogP contribution is -2.37. The molecule has 1 aromatic heterocycles. The highest BCUT2D eigenvalue weighted by Crippen LogP contribution is 2.32. The SMILES string of the molecule is O=C(CN1CCn2ccnc2C1)c1ccc2c(c1)OCO2. The molecule has 0 saturated heterocycles. The van der Waals surface area contributed by atoms with Crippen LogP contribution in [0.4, 0.5) is 0 Å². The van der Waals surface area contributed by atoms with Crippen LogP contribution >= 0.6 is 0 Å². The topological polar surface area (TPSA) is 56.6 Å². The van der Waals surface area contributed by atoms with Crippen LogP contribution in [0.5, 0.6) is 11.5 Å². The molecule has 0 unspecified atom stereocenters. The van der Waals surface area contributed by atoms with E-state index in [2.05, 4.69) is 14.5 Å². The molecule has 21 heavy (non-hydrogen) atoms. The predicted octanol–water partition coefficient (Wildman–Crippen LogP) is 1.31. The zero-order chi connectivity index (χ0) is 14.2. The number of imidazole rings is 1. The normalized spacial score (nSPS) is 16.8. The molecule has 0 N–H and O–H groups in total. The summed E-state index contributed by atoms with van der Waals surface area (Å²) in [4.78, 5) is 18.8. The first-order chi connectivity index (χ1) is 10.3. The fraction of sp³-hybridized carbons (Fsp3) is 0.333. The summed E-state index contributed by atoms with van der Waals surface area (Å²) >= 11 is 0. The van der Waals surface area contributed by atoms with Gasteiger partial charge in [-0.1, -0.05) is 0 Å². The lowest BCUT2D eigenvalue weighted by molar-refractivity contribution is 0.0907. The highest BCUT2D eigenvalue weighted by Gasteiger charge is 2.21. The van der Waals surface area contributed by atoms with Crippen LogP contribution in [-0.4, -0.2) is 40.1 Å². The van der Waals surface area contributed by atoms with Gasteiger partial charge in [-0.05, 0) is 18.2 Å². The van der Waals surface area contributed by atoms with E-state index < -0.39 is 0 Å². The second kappa shape index (κ2) is 4.89. The molecule has 0 atom stereocenters. The zero-order valence-corrected chi connectivity index (χ0v) is 11.5. The van der Waals surface area contributed by atoms with Gasteiger partial charge in [0.05, 0.1) is 13.1 Å². The van der Waals surface area contributed by atoms with Crippen molar-refractivity contribution in [3.8, 4) is 11.5 Å². The zero-order valence-electron chi connectivity index (χ0n) is 11.5. The molecule has 0 bridgehead atoms. The lowest BCUT2D eigenvalue weighted by Gasteiger charge is -2.26. The van der Waals surface area contributed by atoms with Crippen molar-refractivity contribution in [2.75, 3.05) is 19.9 Å². The maximum Gasteiger partial charge on any atom is 0.231 e. The molecule has 0 saturated carbocycles. The van der Waals surface area contributed by atoms with Crippen molar-refractivity contribution in [3.05, 3.63) is 42.0 Å². The molecule has 2 aliphatic rings. The average Bonchev–Trinajstić information content (AvgIpc) is 3.14. The van der Waals surface area contributed by atoms with Crippen molar-refractivity contribution in [2.45, 2.75) is 13.1 Å². The van der Waals surface area contributed by atoms with Gasteiger partial charge >= 0.3 is 0 Å². The van der Waals surface area contributed by atoms with E-state index in [4.69, 9.17) is 9.47 Å². The highest BCUT2D eigenvalue weighted by atomic mass is 16.7. The minimum atomic E-state index is 0.0910. The summed E-state index contributed by atoms with van der Waals surface area (Å²) in [6, 6.07) is 5.34. The maximum absolute atomic E-state index is 12.4. The number of rotatable bonds is 3. The van der Waals surface area contributed by atoms with Crippen LogP contribution in [0.1, 0.15) is 16.2 Å². The molecule has 2 aromatic rings. The third-order valence-electron chi connectivity index (χ3n) is 3.89. The summed E-state index contributed by atoms with van der Waals surface area (Å²) in [7, 11) is 0. The largest absolute Gasteiger partial charge is 0.454 e. The number of nitrogens with zero attached hydrogens (tertiary/aromatic N) is 3. The molecular weight excluding hydrogens is 270 g/mol. The Morgan fingerprint density at radius 1 is 1.24 bits per heavy atom. The third-order valence-corrected chi connectivity index (χ3v) is 3.89. The van der Waals surface area contributed by atoms with E-state index in [9.17, 15) is 4.79 Å². The van der Waals surface area contributed by atoms with Crippen LogP contribution in [0.2, 0.25) is 0 Å². The summed E-state index contributed by atoms with van der Waals surface area (Å²) in [6.07, 6.45) is 3.78. The first kappa shape index (κ1) is 12.4. The highest BCUT2D eigenvalue weighted by molar-refractivity contribution is 5.98. The Morgan fingerprint density at radius 2 is 2.14 bits per heavy atom. The molecule has 4 rings (SSSR count). The van der Waals surface area contributed by atoms with Gasteiger partial charge in [0.25, 0.3) is 0 Å². The maximum atomic E-state index is 12.4. The van der Waals surface area contributed by atoms with E-state index >= 15 is 0 Å². The number of carbonyl (C=O) groups excluding carboxylic acids is 1. The molecule has 1 aromatic carbocycles. The molecule has 0 fully saturated rings. The van der Waals surface area contributed by atoms with Gasteiger partial charge in [-0.15, -0.1) is 0 Å². The summed E-state index contributed by atoms with van der Waals surface area (Å²) in [5.41, 5.74) is 0.660. The number of carbonyl (C=O) groups is 1. The standard InChI is InChI=1S/C15H15N3O3/c19-12(11-1-2-13-14(7-11)21-10-20-13)8-17-5-6-18-4-3-16-15(18)9-17/h1-4,7H,5-6,8-10H2. The number of ketones is 1. The number of hydrogen-bond acceptors (Lipinski definition) is 5. The smallest absolute Gasteiger partial charge is 0.231 e. The van der Waals surface area contributed by atoms with Crippen molar-refractivity contribution in [1.82, 2.24) is 14.5 Å². The fourth-order valence-electron chi connectivity index (χ4n) is 2.72. The van der Waals surface area contributed by atoms with Gasteiger partial charge in [0.15, 0.2) is 17.3 Å². The van der Waals surface area contributed by atoms with Crippen LogP contribution in [0.3, 0.4) is 0 Å². The molecule has 0 radical (unpaired) electrons. The molecule has 6 heteroatoms. The molecule has 3 heterocycles. The number of aromatic nitrogens is 2. The predicted molar refractivity (Wildman–Crippen MR) is 74.4 cm³/mol. The number of benzene rings is 1. The molecule has 0 aliphatic carbocycles. The van der Waals surface area contributed by atoms with Crippen LogP contribution < -0.4 is 9.47 Å². The number of ether oxygens (including phenoxy) is 2. The van der Waals surface area contributed by atoms with E-state index in [0.717, 1.165) is 18.9 Å². The Kier molecular flexibility index (Phi) is 2.89. The van der Waals surface area contributed by atoms with Crippen LogP contribution in [-0.2, 0) is 13.1 Å².